The summed E-state index contributed by atoms with van der Waals surface area (Å²) >= 11 is 0. The summed E-state index contributed by atoms with van der Waals surface area (Å²) < 4.78 is 13.6. The molecule has 0 aliphatic carbocycles. The second-order valence-electron chi connectivity index (χ2n) is 9.13. The summed E-state index contributed by atoms with van der Waals surface area (Å²) in [7, 11) is 1.84. The van der Waals surface area contributed by atoms with E-state index in [4.69, 9.17) is 0 Å². The second kappa shape index (κ2) is 11.1. The first-order valence-corrected chi connectivity index (χ1v) is 12.4. The molecule has 0 radical (unpaired) electrons. The van der Waals surface area contributed by atoms with Gasteiger partial charge in [-0.2, -0.15) is 14.9 Å². The van der Waals surface area contributed by atoms with Crippen molar-refractivity contribution in [2.45, 2.75) is 25.4 Å². The molecule has 0 saturated heterocycles. The largest absolute Gasteiger partial charge is 0.377 e. The fraction of sp³-hybridized carbons (Fsp3) is 0.172. The number of anilines is 2. The molecule has 4 N–H and O–H groups in total. The maximum Gasteiger partial charge on any atom is 0.212 e. The lowest BCUT2D eigenvalue weighted by atomic mass is 10.0. The highest BCUT2D eigenvalue weighted by atomic mass is 19.1. The lowest BCUT2D eigenvalue weighted by Crippen LogP contribution is -2.35. The van der Waals surface area contributed by atoms with Crippen molar-refractivity contribution in [3.63, 3.8) is 0 Å². The van der Waals surface area contributed by atoms with E-state index in [1.165, 1.54) is 18.5 Å². The zero-order valence-electron chi connectivity index (χ0n) is 21.4. The molecule has 3 heterocycles. The number of halogens is 1. The molecule has 194 valence electrons. The van der Waals surface area contributed by atoms with Crippen LogP contribution in [0.25, 0.3) is 10.9 Å². The molecular formula is C29H26FN9. The molecule has 0 bridgehead atoms. The highest BCUT2D eigenvalue weighted by molar-refractivity contribution is 5.99. The number of benzene rings is 2. The van der Waals surface area contributed by atoms with Crippen LogP contribution < -0.4 is 21.6 Å². The minimum absolute atomic E-state index is 0.0569. The molecule has 10 heteroatoms. The first-order chi connectivity index (χ1) is 19.0. The third-order valence-electron chi connectivity index (χ3n) is 6.56. The molecule has 0 saturated carbocycles. The molecule has 2 atom stereocenters. The van der Waals surface area contributed by atoms with Gasteiger partial charge in [0, 0.05) is 36.7 Å². The summed E-state index contributed by atoms with van der Waals surface area (Å²) in [6.07, 6.45) is 5.61. The molecule has 2 aromatic carbocycles. The Balaban J connectivity index is 1.62. The first kappa shape index (κ1) is 25.5. The number of hydrogen-bond donors (Lipinski definition) is 4. The van der Waals surface area contributed by atoms with E-state index in [1.54, 1.807) is 17.1 Å². The van der Waals surface area contributed by atoms with Gasteiger partial charge in [0.1, 0.15) is 12.1 Å². The fourth-order valence-corrected chi connectivity index (χ4v) is 4.63. The Morgan fingerprint density at radius 1 is 0.974 bits per heavy atom. The van der Waals surface area contributed by atoms with Crippen molar-refractivity contribution in [1.82, 2.24) is 25.9 Å². The number of rotatable bonds is 8. The fourth-order valence-electron chi connectivity index (χ4n) is 4.63. The van der Waals surface area contributed by atoms with Crippen LogP contribution >= 0.6 is 0 Å². The van der Waals surface area contributed by atoms with Crippen molar-refractivity contribution < 1.29 is 4.39 Å². The van der Waals surface area contributed by atoms with Crippen LogP contribution in [0.5, 0.6) is 0 Å². The molecule has 0 spiro atoms. The molecule has 1 aliphatic rings. The smallest absolute Gasteiger partial charge is 0.212 e. The summed E-state index contributed by atoms with van der Waals surface area (Å²) in [6, 6.07) is 20.5. The molecule has 0 fully saturated rings. The van der Waals surface area contributed by atoms with Crippen LogP contribution in [0, 0.1) is 28.6 Å². The Morgan fingerprint density at radius 2 is 1.77 bits per heavy atom. The topological polar surface area (TPSA) is 125 Å². The van der Waals surface area contributed by atoms with Crippen LogP contribution in [0.2, 0.25) is 0 Å². The van der Waals surface area contributed by atoms with Gasteiger partial charge in [-0.05, 0) is 35.7 Å². The van der Waals surface area contributed by atoms with Crippen LogP contribution in [0.3, 0.4) is 0 Å². The normalized spacial score (nSPS) is 14.1. The molecule has 39 heavy (non-hydrogen) atoms. The molecule has 1 aliphatic heterocycles. The molecule has 0 unspecified atom stereocenters. The average molecular weight is 520 g/mol. The van der Waals surface area contributed by atoms with Crippen LogP contribution in [0.1, 0.15) is 47.7 Å². The zero-order chi connectivity index (χ0) is 27.4. The van der Waals surface area contributed by atoms with Gasteiger partial charge in [0.15, 0.2) is 0 Å². The number of pyridine rings is 2. The first-order valence-electron chi connectivity index (χ1n) is 12.4. The van der Waals surface area contributed by atoms with E-state index in [0.717, 1.165) is 17.7 Å². The highest BCUT2D eigenvalue weighted by Gasteiger charge is 2.23. The minimum Gasteiger partial charge on any atom is -0.377 e. The predicted molar refractivity (Wildman–Crippen MR) is 147 cm³/mol. The van der Waals surface area contributed by atoms with E-state index in [0.29, 0.717) is 39.0 Å². The molecule has 4 aromatic rings. The van der Waals surface area contributed by atoms with E-state index in [-0.39, 0.29) is 6.04 Å². The van der Waals surface area contributed by atoms with Gasteiger partial charge in [-0.15, -0.1) is 5.53 Å². The summed E-state index contributed by atoms with van der Waals surface area (Å²) in [4.78, 5) is 8.28. The molecular weight excluding hydrogens is 493 g/mol. The zero-order valence-corrected chi connectivity index (χ0v) is 21.4. The van der Waals surface area contributed by atoms with Gasteiger partial charge in [0.25, 0.3) is 0 Å². The Morgan fingerprint density at radius 3 is 2.41 bits per heavy atom. The Labute approximate surface area is 225 Å². The van der Waals surface area contributed by atoms with Gasteiger partial charge in [-0.25, -0.2) is 4.98 Å². The number of hydrogen-bond acceptors (Lipinski definition) is 9. The number of nitrogens with zero attached hydrogens (tertiary/aromatic N) is 5. The number of nitriles is 2. The number of fused-ring (bicyclic) bond motifs is 1. The van der Waals surface area contributed by atoms with Gasteiger partial charge < -0.3 is 16.1 Å². The summed E-state index contributed by atoms with van der Waals surface area (Å²) in [5, 5.41) is 29.4. The van der Waals surface area contributed by atoms with Crippen molar-refractivity contribution >= 4 is 22.3 Å². The maximum absolute atomic E-state index is 13.6. The van der Waals surface area contributed by atoms with Crippen LogP contribution in [0.15, 0.2) is 78.9 Å². The van der Waals surface area contributed by atoms with E-state index in [2.05, 4.69) is 50.6 Å². The molecule has 5 rings (SSSR count). The second-order valence-corrected chi connectivity index (χ2v) is 9.13. The van der Waals surface area contributed by atoms with Crippen molar-refractivity contribution in [1.29, 1.82) is 10.5 Å². The van der Waals surface area contributed by atoms with Gasteiger partial charge in [-0.1, -0.05) is 43.3 Å². The molecule has 0 amide bonds. The van der Waals surface area contributed by atoms with E-state index < -0.39 is 12.0 Å². The van der Waals surface area contributed by atoms with Crippen LogP contribution in [-0.2, 0) is 0 Å². The van der Waals surface area contributed by atoms with Crippen molar-refractivity contribution in [3.05, 3.63) is 107 Å². The minimum atomic E-state index is -0.576. The summed E-state index contributed by atoms with van der Waals surface area (Å²) in [5.41, 5.74) is 11.1. The van der Waals surface area contributed by atoms with Crippen molar-refractivity contribution in [2.24, 2.45) is 0 Å². The Hall–Kier alpha value is -5.19. The van der Waals surface area contributed by atoms with Crippen molar-refractivity contribution in [2.75, 3.05) is 17.7 Å². The van der Waals surface area contributed by atoms with Gasteiger partial charge in [0.05, 0.1) is 40.1 Å². The monoisotopic (exact) mass is 519 g/mol. The number of hydrazine groups is 2. The molecule has 2 aromatic heterocycles. The van der Waals surface area contributed by atoms with E-state index >= 15 is 0 Å². The Kier molecular flexibility index (Phi) is 7.21. The Bertz CT molecular complexity index is 1600. The molecule has 9 nitrogen and oxygen atoms in total. The van der Waals surface area contributed by atoms with Crippen LogP contribution in [-0.4, -0.2) is 22.0 Å². The maximum atomic E-state index is 13.6. The van der Waals surface area contributed by atoms with Crippen LogP contribution in [0.4, 0.5) is 15.8 Å². The number of nitrogens with one attached hydrogen (secondary N) is 4. The summed E-state index contributed by atoms with van der Waals surface area (Å²) in [5.74, 6) is -0.576. The van der Waals surface area contributed by atoms with E-state index in [1.807, 2.05) is 49.6 Å². The third kappa shape index (κ3) is 5.28. The SMILES string of the molecule is CC[C@@H](Nc1c(C#N)cnc2c(C#N)cc(N[C@@H](C3=CN(C)NN3)c3ccc(F)nc3)cc12)c1ccccc1. The lowest BCUT2D eigenvalue weighted by Gasteiger charge is -2.23. The van der Waals surface area contributed by atoms with Gasteiger partial charge >= 0.3 is 0 Å². The van der Waals surface area contributed by atoms with Gasteiger partial charge in [0.2, 0.25) is 5.95 Å². The third-order valence-corrected chi connectivity index (χ3v) is 6.56. The number of aromatic nitrogens is 2. The lowest BCUT2D eigenvalue weighted by molar-refractivity contribution is 0.326. The van der Waals surface area contributed by atoms with Gasteiger partial charge in [-0.3, -0.25) is 9.99 Å². The predicted octanol–water partition coefficient (Wildman–Crippen LogP) is 5.02. The van der Waals surface area contributed by atoms with Crippen molar-refractivity contribution in [3.8, 4) is 12.1 Å². The summed E-state index contributed by atoms with van der Waals surface area (Å²) in [6.45, 7) is 2.07. The quantitative estimate of drug-likeness (QED) is 0.237. The average Bonchev–Trinajstić information content (AvgIpc) is 3.40. The van der Waals surface area contributed by atoms with E-state index in [9.17, 15) is 14.9 Å². The highest BCUT2D eigenvalue weighted by Crippen LogP contribution is 2.35. The standard InChI is InChI=1S/C29H26FN9/c1-3-24(18-7-5-4-6-8-18)36-28-21(14-32)16-34-27-20(13-31)11-22(12-23(27)28)35-29(25-17-39(2)38-37-25)19-9-10-26(30)33-15-19/h4-12,15-17,24,29,35,37-38H,3H2,1-2H3,(H,34,36)/t24-,29-/m1/s1.